The van der Waals surface area contributed by atoms with E-state index in [0.717, 1.165) is 43.1 Å². The van der Waals surface area contributed by atoms with Gasteiger partial charge in [-0.1, -0.05) is 5.16 Å². The SMILES string of the molecule is CN(CCc1noc(C2CC2)n1)C(=O)C1NCCc2[nH]cnc21.Cl.Cl. The Hall–Kier alpha value is -1.64. The molecule has 138 valence electrons. The monoisotopic (exact) mass is 388 g/mol. The number of imidazole rings is 1. The summed E-state index contributed by atoms with van der Waals surface area (Å²) in [5.74, 6) is 1.89. The lowest BCUT2D eigenvalue weighted by Crippen LogP contribution is -2.43. The minimum absolute atomic E-state index is 0. The lowest BCUT2D eigenvalue weighted by Gasteiger charge is -2.26. The van der Waals surface area contributed by atoms with Gasteiger partial charge in [0.2, 0.25) is 11.8 Å². The molecule has 8 nitrogen and oxygen atoms in total. The first-order valence-electron chi connectivity index (χ1n) is 8.05. The van der Waals surface area contributed by atoms with Crippen molar-refractivity contribution in [1.29, 1.82) is 0 Å². The third kappa shape index (κ3) is 4.13. The van der Waals surface area contributed by atoms with Crippen LogP contribution in [0.2, 0.25) is 0 Å². The molecule has 1 unspecified atom stereocenters. The molecule has 1 aliphatic carbocycles. The van der Waals surface area contributed by atoms with Gasteiger partial charge in [0.25, 0.3) is 0 Å². The topological polar surface area (TPSA) is 99.9 Å². The van der Waals surface area contributed by atoms with Crippen molar-refractivity contribution in [1.82, 2.24) is 30.3 Å². The summed E-state index contributed by atoms with van der Waals surface area (Å²) in [7, 11) is 1.80. The predicted octanol–water partition coefficient (Wildman–Crippen LogP) is 1.40. The van der Waals surface area contributed by atoms with E-state index in [-0.39, 0.29) is 36.8 Å². The van der Waals surface area contributed by atoms with Crippen LogP contribution in [0.4, 0.5) is 0 Å². The van der Waals surface area contributed by atoms with Crippen molar-refractivity contribution in [2.24, 2.45) is 0 Å². The maximum absolute atomic E-state index is 12.6. The molecule has 0 spiro atoms. The van der Waals surface area contributed by atoms with E-state index in [1.807, 2.05) is 0 Å². The van der Waals surface area contributed by atoms with Crippen LogP contribution in [0.15, 0.2) is 10.9 Å². The number of rotatable bonds is 5. The van der Waals surface area contributed by atoms with Gasteiger partial charge in [-0.3, -0.25) is 4.79 Å². The molecule has 10 heteroatoms. The second-order valence-electron chi connectivity index (χ2n) is 6.24. The van der Waals surface area contributed by atoms with Crippen LogP contribution in [0.5, 0.6) is 0 Å². The number of likely N-dealkylation sites (N-methyl/N-ethyl adjacent to an activating group) is 1. The third-order valence-corrected chi connectivity index (χ3v) is 4.45. The second kappa shape index (κ2) is 8.16. The van der Waals surface area contributed by atoms with E-state index in [0.29, 0.717) is 24.7 Å². The van der Waals surface area contributed by atoms with Crippen molar-refractivity contribution in [2.75, 3.05) is 20.1 Å². The van der Waals surface area contributed by atoms with Gasteiger partial charge in [-0.2, -0.15) is 4.98 Å². The van der Waals surface area contributed by atoms with Gasteiger partial charge < -0.3 is 19.7 Å². The predicted molar refractivity (Wildman–Crippen MR) is 95.1 cm³/mol. The molecule has 1 amide bonds. The van der Waals surface area contributed by atoms with Crippen LogP contribution in [-0.4, -0.2) is 51.1 Å². The molecule has 1 fully saturated rings. The average Bonchev–Trinajstić information content (AvgIpc) is 3.12. The number of nitrogens with one attached hydrogen (secondary N) is 2. The van der Waals surface area contributed by atoms with Crippen LogP contribution in [0, 0.1) is 0 Å². The van der Waals surface area contributed by atoms with Gasteiger partial charge in [0, 0.05) is 44.6 Å². The maximum Gasteiger partial charge on any atom is 0.245 e. The van der Waals surface area contributed by atoms with Crippen molar-refractivity contribution in [2.45, 2.75) is 37.6 Å². The summed E-state index contributed by atoms with van der Waals surface area (Å²) >= 11 is 0. The third-order valence-electron chi connectivity index (χ3n) is 4.45. The van der Waals surface area contributed by atoms with Gasteiger partial charge in [0.15, 0.2) is 5.82 Å². The van der Waals surface area contributed by atoms with E-state index < -0.39 is 0 Å². The van der Waals surface area contributed by atoms with Gasteiger partial charge in [0.05, 0.1) is 12.0 Å². The zero-order valence-corrected chi connectivity index (χ0v) is 15.5. The van der Waals surface area contributed by atoms with Crippen molar-refractivity contribution >= 4 is 30.7 Å². The highest BCUT2D eigenvalue weighted by Gasteiger charge is 2.31. The van der Waals surface area contributed by atoms with E-state index >= 15 is 0 Å². The highest BCUT2D eigenvalue weighted by atomic mass is 35.5. The summed E-state index contributed by atoms with van der Waals surface area (Å²) < 4.78 is 5.24. The molecule has 1 atom stereocenters. The van der Waals surface area contributed by atoms with Gasteiger partial charge >= 0.3 is 0 Å². The highest BCUT2D eigenvalue weighted by Crippen LogP contribution is 2.38. The van der Waals surface area contributed by atoms with Gasteiger partial charge in [-0.25, -0.2) is 4.98 Å². The van der Waals surface area contributed by atoms with Crippen LogP contribution in [0.25, 0.3) is 0 Å². The lowest BCUT2D eigenvalue weighted by atomic mass is 10.0. The molecular weight excluding hydrogens is 367 g/mol. The Morgan fingerprint density at radius 1 is 1.40 bits per heavy atom. The number of nitrogens with zero attached hydrogens (tertiary/aromatic N) is 4. The Labute approximate surface area is 158 Å². The first-order chi connectivity index (χ1) is 11.2. The summed E-state index contributed by atoms with van der Waals surface area (Å²) in [6.45, 7) is 1.33. The number of amides is 1. The van der Waals surface area contributed by atoms with Gasteiger partial charge in [-0.05, 0) is 12.8 Å². The van der Waals surface area contributed by atoms with E-state index in [1.54, 1.807) is 18.3 Å². The quantitative estimate of drug-likeness (QED) is 0.802. The summed E-state index contributed by atoms with van der Waals surface area (Å²) in [4.78, 5) is 26.1. The lowest BCUT2D eigenvalue weighted by molar-refractivity contribution is -0.132. The van der Waals surface area contributed by atoms with Crippen LogP contribution < -0.4 is 5.32 Å². The first-order valence-corrected chi connectivity index (χ1v) is 8.05. The minimum atomic E-state index is -0.373. The van der Waals surface area contributed by atoms with Gasteiger partial charge in [0.1, 0.15) is 6.04 Å². The summed E-state index contributed by atoms with van der Waals surface area (Å²) in [6.07, 6.45) is 5.39. The molecule has 0 saturated heterocycles. The van der Waals surface area contributed by atoms with E-state index in [9.17, 15) is 4.79 Å². The molecule has 0 radical (unpaired) electrons. The molecule has 1 saturated carbocycles. The zero-order valence-electron chi connectivity index (χ0n) is 13.9. The highest BCUT2D eigenvalue weighted by molar-refractivity contribution is 5.85. The van der Waals surface area contributed by atoms with Crippen molar-refractivity contribution < 1.29 is 9.32 Å². The van der Waals surface area contributed by atoms with E-state index in [1.165, 1.54) is 0 Å². The molecule has 2 aromatic rings. The number of aromatic nitrogens is 4. The summed E-state index contributed by atoms with van der Waals surface area (Å²) in [5.41, 5.74) is 1.85. The molecule has 0 aromatic carbocycles. The second-order valence-corrected chi connectivity index (χ2v) is 6.24. The maximum atomic E-state index is 12.6. The number of H-pyrrole nitrogens is 1. The standard InChI is InChI=1S/C15H20N6O2.2ClH/c1-21(7-5-11-19-14(23-20-11)9-2-3-9)15(22)13-12-10(4-6-16-13)17-8-18-12;;/h8-9,13,16H,2-7H2,1H3,(H,17,18);2*1H. The van der Waals surface area contributed by atoms with Gasteiger partial charge in [-0.15, -0.1) is 24.8 Å². The van der Waals surface area contributed by atoms with Crippen molar-refractivity contribution in [3.8, 4) is 0 Å². The molecule has 3 heterocycles. The molecule has 1 aliphatic heterocycles. The molecule has 2 N–H and O–H groups in total. The molecule has 2 aromatic heterocycles. The van der Waals surface area contributed by atoms with Crippen LogP contribution in [0.1, 0.15) is 47.9 Å². The molecule has 4 rings (SSSR count). The van der Waals surface area contributed by atoms with Crippen molar-refractivity contribution in [3.63, 3.8) is 0 Å². The smallest absolute Gasteiger partial charge is 0.245 e. The minimum Gasteiger partial charge on any atom is -0.348 e. The number of carbonyl (C=O) groups is 1. The number of hydrogen-bond acceptors (Lipinski definition) is 6. The first kappa shape index (κ1) is 19.7. The number of halogens is 2. The molecule has 0 bridgehead atoms. The molecule has 25 heavy (non-hydrogen) atoms. The fourth-order valence-corrected chi connectivity index (χ4v) is 2.89. The number of aromatic amines is 1. The Morgan fingerprint density at radius 3 is 2.96 bits per heavy atom. The zero-order chi connectivity index (χ0) is 15.8. The van der Waals surface area contributed by atoms with Crippen LogP contribution >= 0.6 is 24.8 Å². The Bertz CT molecular complexity index is 714. The van der Waals surface area contributed by atoms with Crippen LogP contribution in [-0.2, 0) is 17.6 Å². The fraction of sp³-hybridized carbons (Fsp3) is 0.600. The molecular formula is C15H22Cl2N6O2. The number of fused-ring (bicyclic) bond motifs is 1. The van der Waals surface area contributed by atoms with E-state index in [4.69, 9.17) is 4.52 Å². The summed E-state index contributed by atoms with van der Waals surface area (Å²) in [5, 5.41) is 7.24. The summed E-state index contributed by atoms with van der Waals surface area (Å²) in [6, 6.07) is -0.373. The van der Waals surface area contributed by atoms with E-state index in [2.05, 4.69) is 25.4 Å². The van der Waals surface area contributed by atoms with Crippen LogP contribution in [0.3, 0.4) is 0 Å². The Balaban J connectivity index is 0.00000113. The fourth-order valence-electron chi connectivity index (χ4n) is 2.89. The molecule has 2 aliphatic rings. The Kier molecular flexibility index (Phi) is 6.42. The Morgan fingerprint density at radius 2 is 2.20 bits per heavy atom. The number of carbonyl (C=O) groups excluding carboxylic acids is 1. The average molecular weight is 389 g/mol. The largest absolute Gasteiger partial charge is 0.348 e. The number of hydrogen-bond donors (Lipinski definition) is 2. The van der Waals surface area contributed by atoms with Crippen molar-refractivity contribution in [3.05, 3.63) is 29.4 Å². The normalized spacial score (nSPS) is 18.7.